The number of amides is 1. The Bertz CT molecular complexity index is 343. The Morgan fingerprint density at radius 3 is 2.10 bits per heavy atom. The van der Waals surface area contributed by atoms with Gasteiger partial charge in [-0.2, -0.15) is 5.57 Å². The number of hydrogen-bond acceptors (Lipinski definition) is 2. The van der Waals surface area contributed by atoms with Crippen LogP contribution in [0.15, 0.2) is 11.1 Å². The first kappa shape index (κ1) is 20.5. The monoisotopic (exact) mass is 287 g/mol. The first-order chi connectivity index (χ1) is 9.43. The second-order valence-electron chi connectivity index (χ2n) is 6.32. The molecule has 0 radical (unpaired) electrons. The summed E-state index contributed by atoms with van der Waals surface area (Å²) in [6.07, 6.45) is 6.96. The van der Waals surface area contributed by atoms with E-state index in [1.165, 1.54) is 36.8 Å². The van der Waals surface area contributed by atoms with Crippen LogP contribution in [0.2, 0.25) is 0 Å². The minimum atomic E-state index is -0.239. The van der Waals surface area contributed by atoms with Crippen LogP contribution in [-0.4, -0.2) is 23.1 Å². The summed E-state index contributed by atoms with van der Waals surface area (Å²) in [5, 5.41) is 0. The zero-order valence-electron chi connectivity index (χ0n) is 14.7. The molecule has 0 heterocycles. The molecule has 0 aliphatic heterocycles. The van der Waals surface area contributed by atoms with Gasteiger partial charge in [-0.05, 0) is 27.7 Å². The van der Waals surface area contributed by atoms with E-state index in [1.54, 1.807) is 11.5 Å². The largest absolute Gasteiger partial charge is 1.00 e. The Labute approximate surface area is 142 Å². The van der Waals surface area contributed by atoms with Crippen LogP contribution in [0.5, 0.6) is 0 Å². The SMILES string of the molecule is C/C1=C(\[CH-]OC(=O)N(C(C)C)C(C)C)CCCCCC1.[Li+]. The van der Waals surface area contributed by atoms with Gasteiger partial charge < -0.3 is 9.64 Å². The van der Waals surface area contributed by atoms with Crippen LogP contribution in [0.25, 0.3) is 0 Å². The molecule has 3 nitrogen and oxygen atoms in total. The Morgan fingerprint density at radius 1 is 1.05 bits per heavy atom. The normalized spacial score (nSPS) is 19.6. The maximum absolute atomic E-state index is 12.2. The van der Waals surface area contributed by atoms with Crippen LogP contribution in [-0.2, 0) is 4.74 Å². The Balaban J connectivity index is 0.00000400. The molecule has 0 unspecified atom stereocenters. The fourth-order valence-electron chi connectivity index (χ4n) is 2.79. The zero-order chi connectivity index (χ0) is 15.1. The zero-order valence-corrected chi connectivity index (χ0v) is 14.7. The molecule has 0 N–H and O–H groups in total. The molecule has 0 aromatic rings. The number of allylic oxidation sites excluding steroid dienone is 1. The molecule has 21 heavy (non-hydrogen) atoms. The van der Waals surface area contributed by atoms with E-state index in [9.17, 15) is 4.79 Å². The van der Waals surface area contributed by atoms with Gasteiger partial charge in [0.05, 0.1) is 0 Å². The molecule has 0 saturated carbocycles. The fourth-order valence-corrected chi connectivity index (χ4v) is 2.79. The first-order valence-corrected chi connectivity index (χ1v) is 7.94. The van der Waals surface area contributed by atoms with Gasteiger partial charge in [-0.1, -0.05) is 45.1 Å². The van der Waals surface area contributed by atoms with Crippen molar-refractivity contribution >= 4 is 6.09 Å². The summed E-state index contributed by atoms with van der Waals surface area (Å²) < 4.78 is 5.44. The maximum Gasteiger partial charge on any atom is 1.00 e. The second kappa shape index (κ2) is 10.2. The van der Waals surface area contributed by atoms with E-state index < -0.39 is 0 Å². The smallest absolute Gasteiger partial charge is 0.511 e. The number of nitrogens with zero attached hydrogens (tertiary/aromatic N) is 1. The summed E-state index contributed by atoms with van der Waals surface area (Å²) in [6.45, 7) is 11.9. The van der Waals surface area contributed by atoms with E-state index in [2.05, 4.69) is 6.92 Å². The van der Waals surface area contributed by atoms with Crippen LogP contribution in [0.4, 0.5) is 4.79 Å². The Kier molecular flexibility index (Phi) is 9.99. The van der Waals surface area contributed by atoms with Gasteiger partial charge in [0, 0.05) is 12.1 Å². The van der Waals surface area contributed by atoms with Gasteiger partial charge in [0.2, 0.25) is 0 Å². The summed E-state index contributed by atoms with van der Waals surface area (Å²) >= 11 is 0. The third kappa shape index (κ3) is 6.85. The quantitative estimate of drug-likeness (QED) is 0.585. The van der Waals surface area contributed by atoms with Crippen molar-refractivity contribution in [1.29, 1.82) is 0 Å². The summed E-state index contributed by atoms with van der Waals surface area (Å²) in [5.41, 5.74) is 2.59. The molecular formula is C17H30LiNO2. The average Bonchev–Trinajstić information content (AvgIpc) is 2.32. The first-order valence-electron chi connectivity index (χ1n) is 7.94. The molecule has 116 valence electrons. The second-order valence-corrected chi connectivity index (χ2v) is 6.32. The van der Waals surface area contributed by atoms with Crippen molar-refractivity contribution in [2.75, 3.05) is 0 Å². The summed E-state index contributed by atoms with van der Waals surface area (Å²) in [7, 11) is 0. The average molecular weight is 287 g/mol. The maximum atomic E-state index is 12.2. The van der Waals surface area contributed by atoms with Gasteiger partial charge in [-0.15, -0.1) is 6.92 Å². The van der Waals surface area contributed by atoms with Crippen molar-refractivity contribution in [3.63, 3.8) is 0 Å². The summed E-state index contributed by atoms with van der Waals surface area (Å²) in [5.74, 6) is 0. The molecule has 0 bridgehead atoms. The number of hydrogen-bond donors (Lipinski definition) is 0. The summed E-state index contributed by atoms with van der Waals surface area (Å²) in [4.78, 5) is 14.0. The molecule has 4 heteroatoms. The van der Waals surface area contributed by atoms with Crippen molar-refractivity contribution in [2.45, 2.75) is 85.2 Å². The van der Waals surface area contributed by atoms with E-state index in [-0.39, 0.29) is 37.0 Å². The number of ether oxygens (including phenoxy) is 1. The van der Waals surface area contributed by atoms with Crippen LogP contribution >= 0.6 is 0 Å². The number of rotatable bonds is 4. The van der Waals surface area contributed by atoms with E-state index in [4.69, 9.17) is 4.74 Å². The van der Waals surface area contributed by atoms with Gasteiger partial charge >= 0.3 is 25.0 Å². The predicted molar refractivity (Wildman–Crippen MR) is 83.3 cm³/mol. The molecule has 0 aromatic heterocycles. The molecule has 0 spiro atoms. The van der Waals surface area contributed by atoms with Crippen LogP contribution in [0.1, 0.15) is 73.1 Å². The van der Waals surface area contributed by atoms with E-state index in [1.807, 2.05) is 27.7 Å². The third-order valence-electron chi connectivity index (χ3n) is 3.92. The van der Waals surface area contributed by atoms with E-state index in [0.29, 0.717) is 0 Å². The van der Waals surface area contributed by atoms with Crippen molar-refractivity contribution in [3.8, 4) is 0 Å². The van der Waals surface area contributed by atoms with Gasteiger partial charge in [0.1, 0.15) is 0 Å². The van der Waals surface area contributed by atoms with Crippen LogP contribution < -0.4 is 18.9 Å². The van der Waals surface area contributed by atoms with Gasteiger partial charge in [-0.25, -0.2) is 10.4 Å². The predicted octanol–water partition coefficient (Wildman–Crippen LogP) is 2.08. The van der Waals surface area contributed by atoms with Gasteiger partial charge in [-0.3, -0.25) is 0 Å². The number of carbonyl (C=O) groups excluding carboxylic acids is 1. The molecular weight excluding hydrogens is 257 g/mol. The molecule has 1 aliphatic rings. The van der Waals surface area contributed by atoms with E-state index >= 15 is 0 Å². The number of carbonyl (C=O) groups is 1. The molecule has 0 fully saturated rings. The molecule has 1 amide bonds. The van der Waals surface area contributed by atoms with Crippen molar-refractivity contribution in [2.24, 2.45) is 0 Å². The van der Waals surface area contributed by atoms with Crippen LogP contribution in [0.3, 0.4) is 0 Å². The minimum Gasteiger partial charge on any atom is -0.511 e. The topological polar surface area (TPSA) is 29.5 Å². The fraction of sp³-hybridized carbons (Fsp3) is 0.765. The van der Waals surface area contributed by atoms with Crippen LogP contribution in [0, 0.1) is 6.61 Å². The Morgan fingerprint density at radius 2 is 1.57 bits per heavy atom. The van der Waals surface area contributed by atoms with Gasteiger partial charge in [0.15, 0.2) is 0 Å². The van der Waals surface area contributed by atoms with Gasteiger partial charge in [0.25, 0.3) is 0 Å². The van der Waals surface area contributed by atoms with Crippen molar-refractivity contribution < 1.29 is 28.4 Å². The minimum absolute atomic E-state index is 0. The molecule has 1 aliphatic carbocycles. The molecule has 0 aromatic carbocycles. The van der Waals surface area contributed by atoms with Crippen molar-refractivity contribution in [3.05, 3.63) is 17.8 Å². The third-order valence-corrected chi connectivity index (χ3v) is 3.92. The van der Waals surface area contributed by atoms with Crippen molar-refractivity contribution in [1.82, 2.24) is 4.90 Å². The standard InChI is InChI=1S/C17H30NO2.Li/c1-13(2)18(14(3)4)17(19)20-12-16-11-9-7-6-8-10-15(16)5;/h12-14H,6-11H2,1-5H3;/q-1;+1/b16-15+;. The Hall–Kier alpha value is -0.523. The summed E-state index contributed by atoms with van der Waals surface area (Å²) in [6, 6.07) is 0.312. The van der Waals surface area contributed by atoms with E-state index in [0.717, 1.165) is 12.8 Å². The molecule has 0 atom stereocenters. The molecule has 1 rings (SSSR count). The molecule has 0 saturated heterocycles.